The highest BCUT2D eigenvalue weighted by Gasteiger charge is 2.17. The second kappa shape index (κ2) is 5.59. The monoisotopic (exact) mass is 262 g/mol. The summed E-state index contributed by atoms with van der Waals surface area (Å²) in [5.41, 5.74) is 7.53. The fraction of sp³-hybridized carbons (Fsp3) is 0.250. The molecule has 1 aromatic carbocycles. The predicted octanol–water partition coefficient (Wildman–Crippen LogP) is 1.78. The number of hydrogen-bond acceptors (Lipinski definition) is 5. The Morgan fingerprint density at radius 1 is 1.44 bits per heavy atom. The molecule has 1 aromatic heterocycles. The molecule has 1 amide bonds. The molecule has 94 valence electrons. The molecular formula is C12H14N4OS. The fourth-order valence-corrected chi connectivity index (χ4v) is 2.11. The molecule has 0 aliphatic heterocycles. The molecule has 0 unspecified atom stereocenters. The highest BCUT2D eigenvalue weighted by atomic mass is 32.1. The van der Waals surface area contributed by atoms with Gasteiger partial charge in [-0.05, 0) is 30.1 Å². The molecule has 0 radical (unpaired) electrons. The average Bonchev–Trinajstić information content (AvgIpc) is 2.91. The van der Waals surface area contributed by atoms with Gasteiger partial charge in [0.05, 0.1) is 6.20 Å². The zero-order valence-corrected chi connectivity index (χ0v) is 10.9. The minimum absolute atomic E-state index is 0.0595. The number of aromatic nitrogens is 2. The Hall–Kier alpha value is -1.95. The fourth-order valence-electron chi connectivity index (χ4n) is 1.63. The van der Waals surface area contributed by atoms with Crippen LogP contribution in [0.25, 0.3) is 0 Å². The summed E-state index contributed by atoms with van der Waals surface area (Å²) in [6, 6.07) is 7.56. The minimum atomic E-state index is -0.0595. The van der Waals surface area contributed by atoms with Crippen LogP contribution in [-0.4, -0.2) is 26.9 Å². The lowest BCUT2D eigenvalue weighted by Gasteiger charge is -2.20. The van der Waals surface area contributed by atoms with E-state index in [0.717, 1.165) is 17.1 Å². The molecule has 5 nitrogen and oxygen atoms in total. The van der Waals surface area contributed by atoms with Gasteiger partial charge in [-0.25, -0.2) is 0 Å². The van der Waals surface area contributed by atoms with E-state index in [9.17, 15) is 4.79 Å². The van der Waals surface area contributed by atoms with Gasteiger partial charge in [-0.2, -0.15) is 0 Å². The zero-order valence-electron chi connectivity index (χ0n) is 10.0. The smallest absolute Gasteiger partial charge is 0.267 e. The maximum absolute atomic E-state index is 12.2. The average molecular weight is 262 g/mol. The Bertz CT molecular complexity index is 527. The Morgan fingerprint density at radius 3 is 2.83 bits per heavy atom. The Morgan fingerprint density at radius 2 is 2.22 bits per heavy atom. The van der Waals surface area contributed by atoms with Crippen molar-refractivity contribution in [2.45, 2.75) is 13.5 Å². The number of amides is 1. The number of rotatable bonds is 4. The third kappa shape index (κ3) is 2.65. The van der Waals surface area contributed by atoms with Crippen LogP contribution in [0, 0.1) is 0 Å². The summed E-state index contributed by atoms with van der Waals surface area (Å²) in [5.74, 6) is -0.0595. The largest absolute Gasteiger partial charge is 0.398 e. The van der Waals surface area contributed by atoms with Crippen LogP contribution in [0.1, 0.15) is 22.2 Å². The van der Waals surface area contributed by atoms with Crippen molar-refractivity contribution in [3.63, 3.8) is 0 Å². The number of anilines is 1. The zero-order chi connectivity index (χ0) is 13.0. The summed E-state index contributed by atoms with van der Waals surface area (Å²) >= 11 is 1.11. The van der Waals surface area contributed by atoms with Crippen LogP contribution in [0.4, 0.5) is 5.69 Å². The van der Waals surface area contributed by atoms with Crippen molar-refractivity contribution in [3.8, 4) is 0 Å². The molecule has 2 rings (SSSR count). The van der Waals surface area contributed by atoms with E-state index in [0.29, 0.717) is 23.7 Å². The van der Waals surface area contributed by atoms with E-state index >= 15 is 0 Å². The number of nitrogens with zero attached hydrogens (tertiary/aromatic N) is 3. The maximum Gasteiger partial charge on any atom is 0.267 e. The van der Waals surface area contributed by atoms with Gasteiger partial charge in [-0.3, -0.25) is 4.79 Å². The highest BCUT2D eigenvalue weighted by molar-refractivity contribution is 7.07. The summed E-state index contributed by atoms with van der Waals surface area (Å²) in [7, 11) is 0. The lowest BCUT2D eigenvalue weighted by molar-refractivity contribution is 0.0757. The number of para-hydroxylation sites is 1. The van der Waals surface area contributed by atoms with Gasteiger partial charge in [0.1, 0.15) is 4.88 Å². The van der Waals surface area contributed by atoms with Gasteiger partial charge in [0, 0.05) is 18.8 Å². The summed E-state index contributed by atoms with van der Waals surface area (Å²) in [6.45, 7) is 3.05. The van der Waals surface area contributed by atoms with Crippen molar-refractivity contribution in [1.82, 2.24) is 14.5 Å². The first-order valence-electron chi connectivity index (χ1n) is 5.62. The number of benzene rings is 1. The van der Waals surface area contributed by atoms with E-state index in [2.05, 4.69) is 9.59 Å². The minimum Gasteiger partial charge on any atom is -0.398 e. The quantitative estimate of drug-likeness (QED) is 0.852. The number of nitrogens with two attached hydrogens (primary N) is 1. The molecule has 2 N–H and O–H groups in total. The van der Waals surface area contributed by atoms with Gasteiger partial charge in [0.15, 0.2) is 0 Å². The van der Waals surface area contributed by atoms with E-state index in [1.165, 1.54) is 6.20 Å². The van der Waals surface area contributed by atoms with Crippen molar-refractivity contribution in [1.29, 1.82) is 0 Å². The van der Waals surface area contributed by atoms with Crippen LogP contribution in [0.3, 0.4) is 0 Å². The van der Waals surface area contributed by atoms with Gasteiger partial charge in [-0.1, -0.05) is 22.7 Å². The summed E-state index contributed by atoms with van der Waals surface area (Å²) in [5, 5.41) is 3.68. The molecule has 1 heterocycles. The van der Waals surface area contributed by atoms with E-state index in [4.69, 9.17) is 5.73 Å². The van der Waals surface area contributed by atoms with Crippen LogP contribution in [0.5, 0.6) is 0 Å². The van der Waals surface area contributed by atoms with Crippen molar-refractivity contribution >= 4 is 23.1 Å². The molecule has 2 aromatic rings. The second-order valence-corrected chi connectivity index (χ2v) is 4.59. The molecule has 0 bridgehead atoms. The summed E-state index contributed by atoms with van der Waals surface area (Å²) in [4.78, 5) is 14.4. The van der Waals surface area contributed by atoms with Gasteiger partial charge in [0.25, 0.3) is 5.91 Å². The lowest BCUT2D eigenvalue weighted by Crippen LogP contribution is -2.30. The summed E-state index contributed by atoms with van der Waals surface area (Å²) in [6.07, 6.45) is 1.49. The Kier molecular flexibility index (Phi) is 3.88. The molecular weight excluding hydrogens is 248 g/mol. The molecule has 0 atom stereocenters. The van der Waals surface area contributed by atoms with Crippen molar-refractivity contribution in [3.05, 3.63) is 40.9 Å². The number of hydrogen-bond donors (Lipinski definition) is 1. The highest BCUT2D eigenvalue weighted by Crippen LogP contribution is 2.16. The van der Waals surface area contributed by atoms with Gasteiger partial charge >= 0.3 is 0 Å². The van der Waals surface area contributed by atoms with E-state index in [-0.39, 0.29) is 5.91 Å². The Balaban J connectivity index is 2.15. The van der Waals surface area contributed by atoms with Gasteiger partial charge in [-0.15, -0.1) is 5.10 Å². The molecule has 0 aliphatic carbocycles. The van der Waals surface area contributed by atoms with Crippen LogP contribution >= 0.6 is 11.5 Å². The van der Waals surface area contributed by atoms with E-state index in [1.54, 1.807) is 4.90 Å². The molecule has 0 saturated carbocycles. The Labute approximate surface area is 109 Å². The van der Waals surface area contributed by atoms with Crippen molar-refractivity contribution < 1.29 is 4.79 Å². The maximum atomic E-state index is 12.2. The van der Waals surface area contributed by atoms with E-state index in [1.807, 2.05) is 31.2 Å². The molecule has 0 fully saturated rings. The molecule has 6 heteroatoms. The topological polar surface area (TPSA) is 72.1 Å². The third-order valence-electron chi connectivity index (χ3n) is 2.66. The van der Waals surface area contributed by atoms with Crippen LogP contribution in [0.15, 0.2) is 30.5 Å². The van der Waals surface area contributed by atoms with Gasteiger partial charge in [0.2, 0.25) is 0 Å². The first-order valence-corrected chi connectivity index (χ1v) is 6.39. The number of carbonyl (C=O) groups excluding carboxylic acids is 1. The normalized spacial score (nSPS) is 10.3. The van der Waals surface area contributed by atoms with Crippen molar-refractivity contribution in [2.75, 3.05) is 12.3 Å². The molecule has 18 heavy (non-hydrogen) atoms. The van der Waals surface area contributed by atoms with Crippen molar-refractivity contribution in [2.24, 2.45) is 0 Å². The molecule has 0 aliphatic rings. The lowest BCUT2D eigenvalue weighted by atomic mass is 10.1. The first-order chi connectivity index (χ1) is 8.72. The number of carbonyl (C=O) groups is 1. The number of nitrogen functional groups attached to an aromatic ring is 1. The van der Waals surface area contributed by atoms with Crippen LogP contribution < -0.4 is 5.73 Å². The first kappa shape index (κ1) is 12.5. The predicted molar refractivity (Wildman–Crippen MR) is 71.2 cm³/mol. The van der Waals surface area contributed by atoms with E-state index < -0.39 is 0 Å². The standard InChI is InChI=1S/C12H14N4OS/c1-2-16(12(17)11-7-14-15-18-11)8-9-5-3-4-6-10(9)13/h3-7H,2,8,13H2,1H3. The third-order valence-corrected chi connectivity index (χ3v) is 3.31. The molecule has 0 spiro atoms. The van der Waals surface area contributed by atoms with Crippen LogP contribution in [0.2, 0.25) is 0 Å². The second-order valence-electron chi connectivity index (χ2n) is 3.80. The summed E-state index contributed by atoms with van der Waals surface area (Å²) < 4.78 is 3.70. The SMILES string of the molecule is CCN(Cc1ccccc1N)C(=O)c1cnns1. The molecule has 0 saturated heterocycles. The van der Waals surface area contributed by atoms with Gasteiger partial charge < -0.3 is 10.6 Å². The van der Waals surface area contributed by atoms with Crippen LogP contribution in [-0.2, 0) is 6.54 Å².